The van der Waals surface area contributed by atoms with Crippen molar-refractivity contribution < 1.29 is 13.2 Å². The molecule has 2 aromatic heterocycles. The van der Waals surface area contributed by atoms with Crippen LogP contribution in [0.4, 0.5) is 13.2 Å². The Morgan fingerprint density at radius 1 is 1.18 bits per heavy atom. The van der Waals surface area contributed by atoms with Crippen LogP contribution in [0.25, 0.3) is 22.6 Å². The normalized spacial score (nSPS) is 11.3. The first kappa shape index (κ1) is 14.5. The molecule has 0 saturated heterocycles. The lowest BCUT2D eigenvalue weighted by atomic mass is 10.2. The Balaban J connectivity index is 2.30. The molecule has 0 bridgehead atoms. The van der Waals surface area contributed by atoms with E-state index in [1.807, 2.05) is 6.92 Å². The van der Waals surface area contributed by atoms with Crippen LogP contribution in [0.5, 0.6) is 0 Å². The van der Waals surface area contributed by atoms with E-state index in [1.54, 1.807) is 16.8 Å². The summed E-state index contributed by atoms with van der Waals surface area (Å²) in [7, 11) is 0. The Kier molecular flexibility index (Phi) is 3.58. The van der Waals surface area contributed by atoms with Crippen molar-refractivity contribution in [2.75, 3.05) is 6.54 Å². The maximum absolute atomic E-state index is 14.1. The minimum absolute atomic E-state index is 0.122. The molecule has 0 unspecified atom stereocenters. The van der Waals surface area contributed by atoms with Gasteiger partial charge < -0.3 is 10.3 Å². The first-order chi connectivity index (χ1) is 10.5. The van der Waals surface area contributed by atoms with Crippen LogP contribution in [0.3, 0.4) is 0 Å². The first-order valence-corrected chi connectivity index (χ1v) is 6.69. The third kappa shape index (κ3) is 2.23. The fourth-order valence-electron chi connectivity index (χ4n) is 2.36. The summed E-state index contributed by atoms with van der Waals surface area (Å²) in [5, 5.41) is 0. The van der Waals surface area contributed by atoms with Gasteiger partial charge in [0.1, 0.15) is 11.3 Å². The molecule has 0 aliphatic heterocycles. The van der Waals surface area contributed by atoms with E-state index in [0.717, 1.165) is 17.7 Å². The monoisotopic (exact) mass is 306 g/mol. The molecule has 22 heavy (non-hydrogen) atoms. The molecule has 0 aliphatic rings. The van der Waals surface area contributed by atoms with Gasteiger partial charge in [-0.25, -0.2) is 23.1 Å². The Morgan fingerprint density at radius 3 is 2.68 bits per heavy atom. The van der Waals surface area contributed by atoms with Crippen LogP contribution < -0.4 is 5.73 Å². The molecule has 0 fully saturated rings. The third-order valence-corrected chi connectivity index (χ3v) is 3.35. The van der Waals surface area contributed by atoms with E-state index >= 15 is 0 Å². The van der Waals surface area contributed by atoms with Crippen molar-refractivity contribution in [2.24, 2.45) is 5.73 Å². The second-order valence-corrected chi connectivity index (χ2v) is 4.95. The molecule has 4 nitrogen and oxygen atoms in total. The molecule has 3 rings (SSSR count). The summed E-state index contributed by atoms with van der Waals surface area (Å²) < 4.78 is 42.3. The Hall–Kier alpha value is -2.41. The van der Waals surface area contributed by atoms with Gasteiger partial charge in [-0.15, -0.1) is 0 Å². The molecule has 0 saturated carbocycles. The number of aryl methyl sites for hydroxylation is 1. The van der Waals surface area contributed by atoms with Gasteiger partial charge in [0.25, 0.3) is 0 Å². The highest BCUT2D eigenvalue weighted by molar-refractivity contribution is 5.77. The van der Waals surface area contributed by atoms with Crippen molar-refractivity contribution in [2.45, 2.75) is 13.5 Å². The first-order valence-electron chi connectivity index (χ1n) is 6.69. The quantitative estimate of drug-likeness (QED) is 0.757. The zero-order chi connectivity index (χ0) is 15.9. The number of fused-ring (bicyclic) bond motifs is 1. The van der Waals surface area contributed by atoms with Crippen molar-refractivity contribution in [3.8, 4) is 11.4 Å². The SMILES string of the molecule is Cc1cnc2c(c1)nc(-c1ccc(F)c(F)c1F)n2CCN. The van der Waals surface area contributed by atoms with Crippen LogP contribution in [-0.2, 0) is 6.54 Å². The van der Waals surface area contributed by atoms with E-state index in [4.69, 9.17) is 5.73 Å². The number of hydrogen-bond donors (Lipinski definition) is 1. The number of hydrogen-bond acceptors (Lipinski definition) is 3. The second-order valence-electron chi connectivity index (χ2n) is 4.95. The van der Waals surface area contributed by atoms with Gasteiger partial charge in [0.2, 0.25) is 0 Å². The summed E-state index contributed by atoms with van der Waals surface area (Å²) in [6.45, 7) is 2.46. The largest absolute Gasteiger partial charge is 0.329 e. The number of pyridine rings is 1. The van der Waals surface area contributed by atoms with Gasteiger partial charge >= 0.3 is 0 Å². The average Bonchev–Trinajstić information content (AvgIpc) is 2.83. The van der Waals surface area contributed by atoms with Gasteiger partial charge in [-0.2, -0.15) is 0 Å². The standard InChI is InChI=1S/C15H13F3N4/c1-8-6-11-15(20-7-8)22(5-4-19)14(21-11)9-2-3-10(16)13(18)12(9)17/h2-3,6-7H,4-5,19H2,1H3. The summed E-state index contributed by atoms with van der Waals surface area (Å²) in [6.07, 6.45) is 1.66. The number of imidazole rings is 1. The summed E-state index contributed by atoms with van der Waals surface area (Å²) in [6, 6.07) is 3.82. The molecule has 1 aromatic carbocycles. The average molecular weight is 306 g/mol. The fraction of sp³-hybridized carbons (Fsp3) is 0.200. The van der Waals surface area contributed by atoms with Crippen LogP contribution in [0.1, 0.15) is 5.56 Å². The zero-order valence-corrected chi connectivity index (χ0v) is 11.8. The van der Waals surface area contributed by atoms with Gasteiger partial charge in [0, 0.05) is 19.3 Å². The predicted octanol–water partition coefficient (Wildman–Crippen LogP) is 2.78. The highest BCUT2D eigenvalue weighted by Gasteiger charge is 2.20. The fourth-order valence-corrected chi connectivity index (χ4v) is 2.36. The van der Waals surface area contributed by atoms with Crippen LogP contribution in [-0.4, -0.2) is 21.1 Å². The molecule has 0 radical (unpaired) electrons. The highest BCUT2D eigenvalue weighted by Crippen LogP contribution is 2.28. The van der Waals surface area contributed by atoms with Gasteiger partial charge in [-0.1, -0.05) is 0 Å². The van der Waals surface area contributed by atoms with Gasteiger partial charge in [-0.05, 0) is 30.7 Å². The molecule has 0 atom stereocenters. The molecular formula is C15H13F3N4. The van der Waals surface area contributed by atoms with E-state index in [-0.39, 0.29) is 17.9 Å². The summed E-state index contributed by atoms with van der Waals surface area (Å²) in [5.74, 6) is -3.86. The number of nitrogens with two attached hydrogens (primary N) is 1. The van der Waals surface area contributed by atoms with E-state index in [0.29, 0.717) is 17.7 Å². The summed E-state index contributed by atoms with van der Waals surface area (Å²) in [5.41, 5.74) is 7.42. The lowest BCUT2D eigenvalue weighted by Crippen LogP contribution is -2.12. The maximum Gasteiger partial charge on any atom is 0.195 e. The van der Waals surface area contributed by atoms with Crippen molar-refractivity contribution >= 4 is 11.2 Å². The van der Waals surface area contributed by atoms with Crippen molar-refractivity contribution in [1.29, 1.82) is 0 Å². The van der Waals surface area contributed by atoms with Crippen LogP contribution in [0.2, 0.25) is 0 Å². The molecule has 0 aliphatic carbocycles. The number of nitrogens with zero attached hydrogens (tertiary/aromatic N) is 3. The highest BCUT2D eigenvalue weighted by atomic mass is 19.2. The predicted molar refractivity (Wildman–Crippen MR) is 76.6 cm³/mol. The minimum Gasteiger partial charge on any atom is -0.329 e. The van der Waals surface area contributed by atoms with Crippen LogP contribution in [0, 0.1) is 24.4 Å². The molecule has 3 aromatic rings. The van der Waals surface area contributed by atoms with Crippen LogP contribution >= 0.6 is 0 Å². The zero-order valence-electron chi connectivity index (χ0n) is 11.8. The van der Waals surface area contributed by atoms with Crippen molar-refractivity contribution in [3.63, 3.8) is 0 Å². The van der Waals surface area contributed by atoms with Gasteiger partial charge in [-0.3, -0.25) is 0 Å². The van der Waals surface area contributed by atoms with E-state index in [2.05, 4.69) is 9.97 Å². The lowest BCUT2D eigenvalue weighted by molar-refractivity contribution is 0.448. The molecule has 0 amide bonds. The Bertz CT molecular complexity index is 858. The Labute approximate surface area is 124 Å². The molecular weight excluding hydrogens is 293 g/mol. The van der Waals surface area contributed by atoms with Gasteiger partial charge in [0.15, 0.2) is 23.1 Å². The number of rotatable bonds is 3. The summed E-state index contributed by atoms with van der Waals surface area (Å²) in [4.78, 5) is 8.58. The Morgan fingerprint density at radius 2 is 1.95 bits per heavy atom. The van der Waals surface area contributed by atoms with Gasteiger partial charge in [0.05, 0.1) is 5.56 Å². The van der Waals surface area contributed by atoms with Crippen molar-refractivity contribution in [1.82, 2.24) is 14.5 Å². The van der Waals surface area contributed by atoms with Crippen molar-refractivity contribution in [3.05, 3.63) is 47.4 Å². The minimum atomic E-state index is -1.52. The number of benzene rings is 1. The molecule has 0 spiro atoms. The van der Waals surface area contributed by atoms with E-state index < -0.39 is 17.5 Å². The second kappa shape index (κ2) is 5.42. The molecule has 2 heterocycles. The lowest BCUT2D eigenvalue weighted by Gasteiger charge is -2.08. The smallest absolute Gasteiger partial charge is 0.195 e. The maximum atomic E-state index is 14.1. The number of halogens is 3. The third-order valence-electron chi connectivity index (χ3n) is 3.35. The topological polar surface area (TPSA) is 56.7 Å². The molecule has 114 valence electrons. The van der Waals surface area contributed by atoms with E-state index in [9.17, 15) is 13.2 Å². The summed E-state index contributed by atoms with van der Waals surface area (Å²) >= 11 is 0. The van der Waals surface area contributed by atoms with E-state index in [1.165, 1.54) is 0 Å². The number of aromatic nitrogens is 3. The molecule has 7 heteroatoms. The van der Waals surface area contributed by atoms with Crippen LogP contribution in [0.15, 0.2) is 24.4 Å². The molecule has 2 N–H and O–H groups in total.